The summed E-state index contributed by atoms with van der Waals surface area (Å²) in [5.41, 5.74) is 4.61. The number of pyridine rings is 2. The molecule has 3 aromatic heterocycles. The molecule has 4 aromatic rings. The number of halogens is 5. The van der Waals surface area contributed by atoms with E-state index in [0.29, 0.717) is 22.4 Å². The van der Waals surface area contributed by atoms with E-state index in [1.165, 1.54) is 18.2 Å². The number of aromatic nitrogens is 3. The zero-order valence-electron chi connectivity index (χ0n) is 15.5. The zero-order valence-corrected chi connectivity index (χ0v) is 17.0. The Balaban J connectivity index is 1.79. The van der Waals surface area contributed by atoms with Gasteiger partial charge in [-0.15, -0.1) is 0 Å². The van der Waals surface area contributed by atoms with Crippen molar-refractivity contribution in [1.82, 2.24) is 14.5 Å². The molecule has 3 N–H and O–H groups in total. The van der Waals surface area contributed by atoms with Gasteiger partial charge in [0.25, 0.3) is 5.56 Å². The Morgan fingerprint density at radius 1 is 1.13 bits per heavy atom. The Bertz CT molecular complexity index is 1330. The Morgan fingerprint density at radius 2 is 1.84 bits per heavy atom. The quantitative estimate of drug-likeness (QED) is 0.415. The van der Waals surface area contributed by atoms with E-state index in [4.69, 9.17) is 33.7 Å². The van der Waals surface area contributed by atoms with Crippen LogP contribution in [0.1, 0.15) is 11.1 Å². The summed E-state index contributed by atoms with van der Waals surface area (Å²) in [4.78, 5) is 20.0. The first kappa shape index (κ1) is 21.1. The second-order valence-corrected chi connectivity index (χ2v) is 7.52. The minimum absolute atomic E-state index is 0.0186. The molecule has 11 heteroatoms. The molecule has 0 aliphatic carbocycles. The largest absolute Gasteiger partial charge is 0.451 e. The molecule has 0 spiro atoms. The fourth-order valence-electron chi connectivity index (χ4n) is 3.10. The van der Waals surface area contributed by atoms with Gasteiger partial charge < -0.3 is 20.0 Å². The average molecular weight is 469 g/mol. The van der Waals surface area contributed by atoms with E-state index < -0.39 is 23.0 Å². The van der Waals surface area contributed by atoms with Crippen molar-refractivity contribution < 1.29 is 17.9 Å². The molecular weight excluding hydrogens is 456 g/mol. The van der Waals surface area contributed by atoms with Crippen LogP contribution in [0.25, 0.3) is 11.0 Å². The summed E-state index contributed by atoms with van der Waals surface area (Å²) in [5.74, 6) is -0.663. The number of fused-ring (bicyclic) bond motifs is 1. The lowest BCUT2D eigenvalue weighted by Gasteiger charge is -2.16. The summed E-state index contributed by atoms with van der Waals surface area (Å²) in [5, 5.41) is 0.987. The molecule has 1 aromatic carbocycles. The predicted octanol–water partition coefficient (Wildman–Crippen LogP) is 5.47. The number of nitrogens with one attached hydrogen (secondary N) is 1. The van der Waals surface area contributed by atoms with Crippen LogP contribution in [0.5, 0.6) is 11.5 Å². The highest BCUT2D eigenvalue weighted by Crippen LogP contribution is 2.37. The number of alkyl halides is 3. The SMILES string of the molecule is Nc1ccc2c(Cn3ccc(C(F)(F)F)c(Oc4cc(Cl)cc(Cl)c4)c3=O)c[nH]c2n1. The van der Waals surface area contributed by atoms with Crippen molar-refractivity contribution in [2.45, 2.75) is 12.7 Å². The van der Waals surface area contributed by atoms with Crippen LogP contribution in [-0.4, -0.2) is 14.5 Å². The van der Waals surface area contributed by atoms with Gasteiger partial charge in [-0.25, -0.2) is 4.98 Å². The van der Waals surface area contributed by atoms with Gasteiger partial charge in [-0.1, -0.05) is 23.2 Å². The second-order valence-electron chi connectivity index (χ2n) is 6.64. The Hall–Kier alpha value is -3.17. The molecule has 3 heterocycles. The number of anilines is 1. The zero-order chi connectivity index (χ0) is 22.3. The van der Waals surface area contributed by atoms with E-state index in [1.54, 1.807) is 18.3 Å². The topological polar surface area (TPSA) is 85.9 Å². The summed E-state index contributed by atoms with van der Waals surface area (Å²) < 4.78 is 47.1. The van der Waals surface area contributed by atoms with Gasteiger partial charge in [-0.05, 0) is 42.0 Å². The number of hydrogen-bond acceptors (Lipinski definition) is 4. The first-order valence-corrected chi connectivity index (χ1v) is 9.54. The molecule has 0 fully saturated rings. The van der Waals surface area contributed by atoms with E-state index in [9.17, 15) is 18.0 Å². The van der Waals surface area contributed by atoms with Crippen molar-refractivity contribution in [3.63, 3.8) is 0 Å². The van der Waals surface area contributed by atoms with Gasteiger partial charge in [-0.2, -0.15) is 13.2 Å². The Morgan fingerprint density at radius 3 is 2.52 bits per heavy atom. The third kappa shape index (κ3) is 4.33. The van der Waals surface area contributed by atoms with Gasteiger partial charge in [0.15, 0.2) is 0 Å². The molecule has 0 aliphatic heterocycles. The fraction of sp³-hybridized carbons (Fsp3) is 0.100. The molecule has 0 saturated heterocycles. The number of H-pyrrole nitrogens is 1. The summed E-state index contributed by atoms with van der Waals surface area (Å²) >= 11 is 11.8. The number of aromatic amines is 1. The smallest absolute Gasteiger partial charge is 0.420 e. The lowest BCUT2D eigenvalue weighted by atomic mass is 10.2. The van der Waals surface area contributed by atoms with Crippen molar-refractivity contribution in [1.29, 1.82) is 0 Å². The van der Waals surface area contributed by atoms with E-state index in [0.717, 1.165) is 16.8 Å². The van der Waals surface area contributed by atoms with Crippen molar-refractivity contribution in [3.8, 4) is 11.5 Å². The number of ether oxygens (including phenoxy) is 1. The van der Waals surface area contributed by atoms with Crippen LogP contribution < -0.4 is 16.0 Å². The maximum absolute atomic E-state index is 13.5. The number of rotatable bonds is 4. The molecule has 0 aliphatic rings. The summed E-state index contributed by atoms with van der Waals surface area (Å²) in [6.45, 7) is -0.0186. The van der Waals surface area contributed by atoms with Crippen molar-refractivity contribution >= 4 is 40.1 Å². The van der Waals surface area contributed by atoms with Gasteiger partial charge >= 0.3 is 6.18 Å². The molecule has 31 heavy (non-hydrogen) atoms. The minimum Gasteiger partial charge on any atom is -0.451 e. The normalized spacial score (nSPS) is 11.8. The molecule has 4 rings (SSSR count). The molecule has 0 bridgehead atoms. The summed E-state index contributed by atoms with van der Waals surface area (Å²) in [7, 11) is 0. The summed E-state index contributed by atoms with van der Waals surface area (Å²) in [6.07, 6.45) is -2.14. The predicted molar refractivity (Wildman–Crippen MR) is 112 cm³/mol. The van der Waals surface area contributed by atoms with E-state index >= 15 is 0 Å². The van der Waals surface area contributed by atoms with Crippen molar-refractivity contribution in [2.24, 2.45) is 0 Å². The standard InChI is InChI=1S/C20H13Cl2F3N4O2/c21-11-5-12(22)7-13(6-11)31-17-15(20(23,24)25)3-4-29(19(17)30)9-10-8-27-18-14(10)1-2-16(26)28-18/h1-8H,9H2,(H3,26,27,28). The van der Waals surface area contributed by atoms with Gasteiger partial charge in [0.05, 0.1) is 6.54 Å². The van der Waals surface area contributed by atoms with Crippen LogP contribution in [-0.2, 0) is 12.7 Å². The lowest BCUT2D eigenvalue weighted by molar-refractivity contribution is -0.138. The molecule has 0 unspecified atom stereocenters. The van der Waals surface area contributed by atoms with Gasteiger partial charge in [0.1, 0.15) is 22.8 Å². The third-order valence-corrected chi connectivity index (χ3v) is 4.91. The first-order chi connectivity index (χ1) is 14.6. The highest BCUT2D eigenvalue weighted by molar-refractivity contribution is 6.34. The van der Waals surface area contributed by atoms with E-state index in [-0.39, 0.29) is 22.3 Å². The Kier molecular flexibility index (Phi) is 5.32. The minimum atomic E-state index is -4.81. The van der Waals surface area contributed by atoms with E-state index in [1.807, 2.05) is 0 Å². The molecule has 0 atom stereocenters. The number of nitrogens with two attached hydrogens (primary N) is 1. The molecule has 0 radical (unpaired) electrons. The van der Waals surface area contributed by atoms with Crippen LogP contribution in [0, 0.1) is 0 Å². The van der Waals surface area contributed by atoms with Gasteiger partial charge in [-0.3, -0.25) is 4.79 Å². The maximum Gasteiger partial charge on any atom is 0.420 e. The highest BCUT2D eigenvalue weighted by atomic mass is 35.5. The maximum atomic E-state index is 13.5. The van der Waals surface area contributed by atoms with Crippen molar-refractivity contribution in [3.05, 3.63) is 80.3 Å². The van der Waals surface area contributed by atoms with Crippen LogP contribution in [0.4, 0.5) is 19.0 Å². The van der Waals surface area contributed by atoms with Gasteiger partial charge in [0, 0.05) is 27.8 Å². The van der Waals surface area contributed by atoms with Crippen molar-refractivity contribution in [2.75, 3.05) is 5.73 Å². The number of nitrogens with zero attached hydrogens (tertiary/aromatic N) is 2. The van der Waals surface area contributed by atoms with Gasteiger partial charge in [0.2, 0.25) is 5.75 Å². The monoisotopic (exact) mass is 468 g/mol. The molecule has 0 amide bonds. The Labute approximate surface area is 183 Å². The molecule has 160 valence electrons. The van der Waals surface area contributed by atoms with Crippen LogP contribution in [0.2, 0.25) is 10.0 Å². The highest BCUT2D eigenvalue weighted by Gasteiger charge is 2.36. The average Bonchev–Trinajstić information content (AvgIpc) is 3.05. The molecular formula is C20H13Cl2F3N4O2. The molecule has 6 nitrogen and oxygen atoms in total. The second kappa shape index (κ2) is 7.82. The number of hydrogen-bond donors (Lipinski definition) is 2. The van der Waals surface area contributed by atoms with Crippen LogP contribution in [0.15, 0.2) is 53.6 Å². The molecule has 0 saturated carbocycles. The number of benzene rings is 1. The first-order valence-electron chi connectivity index (χ1n) is 8.79. The summed E-state index contributed by atoms with van der Waals surface area (Å²) in [6, 6.07) is 8.01. The van der Waals surface area contributed by atoms with Crippen LogP contribution >= 0.6 is 23.2 Å². The number of nitrogen functional groups attached to an aromatic ring is 1. The fourth-order valence-corrected chi connectivity index (χ4v) is 3.60. The van der Waals surface area contributed by atoms with Crippen LogP contribution in [0.3, 0.4) is 0 Å². The third-order valence-electron chi connectivity index (χ3n) is 4.47. The van der Waals surface area contributed by atoms with E-state index in [2.05, 4.69) is 9.97 Å². The lowest BCUT2D eigenvalue weighted by Crippen LogP contribution is -2.25.